The summed E-state index contributed by atoms with van der Waals surface area (Å²) in [7, 11) is 0. The summed E-state index contributed by atoms with van der Waals surface area (Å²) in [5.41, 5.74) is 1.09. The Bertz CT molecular complexity index is 915. The lowest BCUT2D eigenvalue weighted by atomic mass is 9.96. The Labute approximate surface area is 241 Å². The molecule has 0 radical (unpaired) electrons. The SMILES string of the molecule is CCCC(C)NC(=O)C(c1cccc(C)c1)N(C(=O)C(CCSC)NC(=O)OC(C)(C)C)C(C)CCC(C)C. The molecule has 222 valence electrons. The zero-order valence-corrected chi connectivity index (χ0v) is 26.7. The van der Waals surface area contributed by atoms with Crippen LogP contribution in [0.4, 0.5) is 4.79 Å². The summed E-state index contributed by atoms with van der Waals surface area (Å²) >= 11 is 1.61. The van der Waals surface area contributed by atoms with Gasteiger partial charge in [-0.15, -0.1) is 0 Å². The number of thioether (sulfide) groups is 1. The molecule has 0 aliphatic carbocycles. The molecule has 1 rings (SSSR count). The fourth-order valence-corrected chi connectivity index (χ4v) is 5.01. The third-order valence-corrected chi connectivity index (χ3v) is 7.13. The first kappa shape index (κ1) is 34.8. The molecular weight excluding hydrogens is 510 g/mol. The molecule has 0 aliphatic rings. The number of hydrogen-bond acceptors (Lipinski definition) is 5. The Kier molecular flexibility index (Phi) is 15.0. The summed E-state index contributed by atoms with van der Waals surface area (Å²) in [6, 6.07) is 5.90. The molecule has 0 heterocycles. The number of amides is 3. The molecule has 2 N–H and O–H groups in total. The minimum Gasteiger partial charge on any atom is -0.444 e. The van der Waals surface area contributed by atoms with Gasteiger partial charge in [-0.3, -0.25) is 9.59 Å². The average molecular weight is 564 g/mol. The Balaban J connectivity index is 3.60. The number of alkyl carbamates (subject to hydrolysis) is 1. The quantitative estimate of drug-likeness (QED) is 0.250. The van der Waals surface area contributed by atoms with Gasteiger partial charge >= 0.3 is 6.09 Å². The molecular formula is C31H53N3O4S. The molecule has 0 saturated heterocycles. The number of carbonyl (C=O) groups is 3. The molecule has 0 spiro atoms. The largest absolute Gasteiger partial charge is 0.444 e. The standard InChI is InChI=1S/C31H53N3O4S/c1-11-13-23(5)32-28(35)27(25-15-12-14-22(4)20-25)34(24(6)17-16-21(2)3)29(36)26(18-19-39-10)33-30(37)38-31(7,8)9/h12,14-15,20-21,23-24,26-27H,11,13,16-19H2,1-10H3,(H,32,35)(H,33,37). The first-order valence-corrected chi connectivity index (χ1v) is 15.8. The fourth-order valence-electron chi connectivity index (χ4n) is 4.54. The normalized spacial score (nSPS) is 14.7. The van der Waals surface area contributed by atoms with E-state index in [1.165, 1.54) is 0 Å². The van der Waals surface area contributed by atoms with Crippen molar-refractivity contribution >= 4 is 29.7 Å². The number of nitrogens with one attached hydrogen (secondary N) is 2. The van der Waals surface area contributed by atoms with E-state index in [1.54, 1.807) is 37.4 Å². The van der Waals surface area contributed by atoms with Crippen LogP contribution in [0.2, 0.25) is 0 Å². The van der Waals surface area contributed by atoms with Gasteiger partial charge in [-0.25, -0.2) is 4.79 Å². The van der Waals surface area contributed by atoms with Gasteiger partial charge in [0.15, 0.2) is 0 Å². The zero-order chi connectivity index (χ0) is 29.8. The van der Waals surface area contributed by atoms with Crippen LogP contribution in [0.3, 0.4) is 0 Å². The molecule has 0 bridgehead atoms. The molecule has 3 amide bonds. The molecule has 0 fully saturated rings. The van der Waals surface area contributed by atoms with E-state index in [4.69, 9.17) is 4.74 Å². The second kappa shape index (κ2) is 16.8. The van der Waals surface area contributed by atoms with E-state index in [-0.39, 0.29) is 23.9 Å². The summed E-state index contributed by atoms with van der Waals surface area (Å²) in [5, 5.41) is 5.99. The van der Waals surface area contributed by atoms with E-state index < -0.39 is 23.8 Å². The van der Waals surface area contributed by atoms with Crippen molar-refractivity contribution in [2.45, 2.75) is 124 Å². The monoisotopic (exact) mass is 563 g/mol. The van der Waals surface area contributed by atoms with E-state index in [0.29, 0.717) is 18.1 Å². The van der Waals surface area contributed by atoms with Crippen LogP contribution in [0.25, 0.3) is 0 Å². The minimum absolute atomic E-state index is 0.0232. The van der Waals surface area contributed by atoms with E-state index in [2.05, 4.69) is 31.4 Å². The third-order valence-electron chi connectivity index (χ3n) is 6.49. The fraction of sp³-hybridized carbons (Fsp3) is 0.710. The van der Waals surface area contributed by atoms with Crippen LogP contribution in [0.1, 0.15) is 105 Å². The number of benzene rings is 1. The maximum absolute atomic E-state index is 14.4. The van der Waals surface area contributed by atoms with Crippen molar-refractivity contribution in [3.63, 3.8) is 0 Å². The summed E-state index contributed by atoms with van der Waals surface area (Å²) in [5.74, 6) is 0.658. The van der Waals surface area contributed by atoms with Crippen molar-refractivity contribution < 1.29 is 19.1 Å². The van der Waals surface area contributed by atoms with Crippen LogP contribution in [0, 0.1) is 12.8 Å². The number of ether oxygens (including phenoxy) is 1. The molecule has 4 unspecified atom stereocenters. The molecule has 1 aromatic rings. The van der Waals surface area contributed by atoms with Crippen molar-refractivity contribution in [1.82, 2.24) is 15.5 Å². The Morgan fingerprint density at radius 1 is 1.00 bits per heavy atom. The predicted octanol–water partition coefficient (Wildman–Crippen LogP) is 6.64. The van der Waals surface area contributed by atoms with Crippen LogP contribution in [0.15, 0.2) is 24.3 Å². The number of rotatable bonds is 15. The van der Waals surface area contributed by atoms with Crippen LogP contribution in [-0.2, 0) is 14.3 Å². The van der Waals surface area contributed by atoms with Crippen LogP contribution in [0.5, 0.6) is 0 Å². The van der Waals surface area contributed by atoms with Gasteiger partial charge in [0, 0.05) is 12.1 Å². The predicted molar refractivity (Wildman–Crippen MR) is 163 cm³/mol. The van der Waals surface area contributed by atoms with Crippen LogP contribution < -0.4 is 10.6 Å². The molecule has 0 aromatic heterocycles. The minimum atomic E-state index is -0.823. The highest BCUT2D eigenvalue weighted by Gasteiger charge is 2.39. The number of carbonyl (C=O) groups excluding carboxylic acids is 3. The zero-order valence-electron chi connectivity index (χ0n) is 25.9. The number of hydrogen-bond donors (Lipinski definition) is 2. The van der Waals surface area contributed by atoms with Gasteiger partial charge in [0.2, 0.25) is 11.8 Å². The maximum atomic E-state index is 14.4. The van der Waals surface area contributed by atoms with E-state index in [0.717, 1.165) is 36.8 Å². The smallest absolute Gasteiger partial charge is 0.408 e. The Hall–Kier alpha value is -2.22. The lowest BCUT2D eigenvalue weighted by molar-refractivity contribution is -0.145. The second-order valence-electron chi connectivity index (χ2n) is 12.1. The van der Waals surface area contributed by atoms with Gasteiger partial charge in [0.05, 0.1) is 0 Å². The van der Waals surface area contributed by atoms with Gasteiger partial charge < -0.3 is 20.3 Å². The Morgan fingerprint density at radius 2 is 1.67 bits per heavy atom. The van der Waals surface area contributed by atoms with E-state index in [1.807, 2.05) is 51.3 Å². The van der Waals surface area contributed by atoms with Gasteiger partial charge in [-0.2, -0.15) is 11.8 Å². The Morgan fingerprint density at radius 3 is 2.21 bits per heavy atom. The molecule has 1 aromatic carbocycles. The molecule has 8 heteroatoms. The highest BCUT2D eigenvalue weighted by atomic mass is 32.2. The average Bonchev–Trinajstić information content (AvgIpc) is 2.81. The second-order valence-corrected chi connectivity index (χ2v) is 13.0. The summed E-state index contributed by atoms with van der Waals surface area (Å²) < 4.78 is 5.50. The van der Waals surface area contributed by atoms with Crippen molar-refractivity contribution in [1.29, 1.82) is 0 Å². The van der Waals surface area contributed by atoms with Crippen molar-refractivity contribution in [2.75, 3.05) is 12.0 Å². The molecule has 7 nitrogen and oxygen atoms in total. The van der Waals surface area contributed by atoms with Gasteiger partial charge in [-0.1, -0.05) is 57.0 Å². The van der Waals surface area contributed by atoms with Gasteiger partial charge in [0.25, 0.3) is 0 Å². The van der Waals surface area contributed by atoms with Gasteiger partial charge in [-0.05, 0) is 90.7 Å². The van der Waals surface area contributed by atoms with Crippen molar-refractivity contribution in [2.24, 2.45) is 5.92 Å². The first-order valence-electron chi connectivity index (χ1n) is 14.4. The van der Waals surface area contributed by atoms with Gasteiger partial charge in [0.1, 0.15) is 17.7 Å². The van der Waals surface area contributed by atoms with E-state index in [9.17, 15) is 14.4 Å². The topological polar surface area (TPSA) is 87.7 Å². The summed E-state index contributed by atoms with van der Waals surface area (Å²) in [4.78, 5) is 42.9. The number of aryl methyl sites for hydroxylation is 1. The summed E-state index contributed by atoms with van der Waals surface area (Å²) in [6.45, 7) is 17.8. The highest BCUT2D eigenvalue weighted by molar-refractivity contribution is 7.98. The lowest BCUT2D eigenvalue weighted by Crippen LogP contribution is -2.56. The van der Waals surface area contributed by atoms with Crippen LogP contribution in [-0.4, -0.2) is 58.5 Å². The molecule has 4 atom stereocenters. The number of nitrogens with zero attached hydrogens (tertiary/aromatic N) is 1. The van der Waals surface area contributed by atoms with Crippen LogP contribution >= 0.6 is 11.8 Å². The molecule has 39 heavy (non-hydrogen) atoms. The highest BCUT2D eigenvalue weighted by Crippen LogP contribution is 2.29. The molecule has 0 saturated carbocycles. The first-order chi connectivity index (χ1) is 18.2. The summed E-state index contributed by atoms with van der Waals surface area (Å²) in [6.07, 6.45) is 5.21. The van der Waals surface area contributed by atoms with Crippen molar-refractivity contribution in [3.8, 4) is 0 Å². The third kappa shape index (κ3) is 12.7. The maximum Gasteiger partial charge on any atom is 0.408 e. The molecule has 0 aliphatic heterocycles. The van der Waals surface area contributed by atoms with Crippen molar-refractivity contribution in [3.05, 3.63) is 35.4 Å². The van der Waals surface area contributed by atoms with E-state index >= 15 is 0 Å². The lowest BCUT2D eigenvalue weighted by Gasteiger charge is -2.39.